The Hall–Kier alpha value is -1.51. The van der Waals surface area contributed by atoms with Crippen LogP contribution in [0, 0.1) is 32.6 Å². The first-order valence-electron chi connectivity index (χ1n) is 6.03. The molecule has 0 amide bonds. The van der Waals surface area contributed by atoms with Crippen LogP contribution in [0.3, 0.4) is 0 Å². The fraction of sp³-hybridized carbons (Fsp3) is 0.500. The van der Waals surface area contributed by atoms with Gasteiger partial charge in [-0.1, -0.05) is 6.07 Å². The summed E-state index contributed by atoms with van der Waals surface area (Å²) in [5.74, 6) is -0.489. The lowest BCUT2D eigenvalue weighted by Gasteiger charge is -2.12. The lowest BCUT2D eigenvalue weighted by molar-refractivity contribution is -0.138. The summed E-state index contributed by atoms with van der Waals surface area (Å²) in [6.07, 6.45) is 0.812. The van der Waals surface area contributed by atoms with Gasteiger partial charge in [0.1, 0.15) is 0 Å². The average molecular weight is 233 g/mol. The van der Waals surface area contributed by atoms with E-state index in [2.05, 4.69) is 38.2 Å². The SMILES string of the molecule is Cc1cc(C)c(NCC2CC2C(=O)O)cc1C. The summed E-state index contributed by atoms with van der Waals surface area (Å²) in [7, 11) is 0. The molecule has 1 aliphatic rings. The van der Waals surface area contributed by atoms with Crippen molar-refractivity contribution in [3.8, 4) is 0 Å². The molecule has 1 aliphatic carbocycles. The maximum absolute atomic E-state index is 10.7. The number of anilines is 1. The van der Waals surface area contributed by atoms with Gasteiger partial charge in [-0.3, -0.25) is 4.79 Å². The van der Waals surface area contributed by atoms with Gasteiger partial charge in [-0.05, 0) is 55.9 Å². The summed E-state index contributed by atoms with van der Waals surface area (Å²) in [5.41, 5.74) is 4.91. The maximum Gasteiger partial charge on any atom is 0.306 e. The zero-order chi connectivity index (χ0) is 12.6. The number of benzene rings is 1. The molecule has 2 unspecified atom stereocenters. The van der Waals surface area contributed by atoms with Crippen molar-refractivity contribution in [3.63, 3.8) is 0 Å². The number of aryl methyl sites for hydroxylation is 3. The Balaban J connectivity index is 1.96. The second-order valence-corrected chi connectivity index (χ2v) is 5.07. The number of nitrogens with one attached hydrogen (secondary N) is 1. The molecule has 1 saturated carbocycles. The van der Waals surface area contributed by atoms with E-state index in [9.17, 15) is 4.79 Å². The minimum absolute atomic E-state index is 0.130. The van der Waals surface area contributed by atoms with E-state index < -0.39 is 5.97 Å². The smallest absolute Gasteiger partial charge is 0.306 e. The number of carboxylic acids is 1. The summed E-state index contributed by atoms with van der Waals surface area (Å²) >= 11 is 0. The number of carbonyl (C=O) groups is 1. The summed E-state index contributed by atoms with van der Waals surface area (Å²) < 4.78 is 0. The van der Waals surface area contributed by atoms with Crippen LogP contribution in [0.15, 0.2) is 12.1 Å². The Morgan fingerprint density at radius 1 is 1.29 bits per heavy atom. The van der Waals surface area contributed by atoms with Crippen molar-refractivity contribution >= 4 is 11.7 Å². The van der Waals surface area contributed by atoms with Gasteiger partial charge in [-0.2, -0.15) is 0 Å². The predicted octanol–water partition coefficient (Wildman–Crippen LogP) is 2.74. The van der Waals surface area contributed by atoms with Crippen LogP contribution in [-0.2, 0) is 4.79 Å². The first-order valence-corrected chi connectivity index (χ1v) is 6.03. The van der Waals surface area contributed by atoms with Crippen LogP contribution >= 0.6 is 0 Å². The van der Waals surface area contributed by atoms with Gasteiger partial charge >= 0.3 is 5.97 Å². The molecule has 3 nitrogen and oxygen atoms in total. The van der Waals surface area contributed by atoms with Crippen LogP contribution in [0.2, 0.25) is 0 Å². The second-order valence-electron chi connectivity index (χ2n) is 5.07. The molecule has 0 aliphatic heterocycles. The fourth-order valence-electron chi connectivity index (χ4n) is 2.17. The molecule has 0 radical (unpaired) electrons. The van der Waals surface area contributed by atoms with Crippen molar-refractivity contribution in [1.82, 2.24) is 0 Å². The highest BCUT2D eigenvalue weighted by Gasteiger charge is 2.42. The van der Waals surface area contributed by atoms with E-state index in [4.69, 9.17) is 5.11 Å². The van der Waals surface area contributed by atoms with Gasteiger partial charge in [0.05, 0.1) is 5.92 Å². The second kappa shape index (κ2) is 4.40. The van der Waals surface area contributed by atoms with Gasteiger partial charge < -0.3 is 10.4 Å². The molecule has 17 heavy (non-hydrogen) atoms. The highest BCUT2D eigenvalue weighted by Crippen LogP contribution is 2.38. The van der Waals surface area contributed by atoms with Crippen LogP contribution in [0.25, 0.3) is 0 Å². The lowest BCUT2D eigenvalue weighted by atomic mass is 10.0. The molecule has 0 aromatic heterocycles. The molecule has 0 bridgehead atoms. The number of aliphatic carboxylic acids is 1. The van der Waals surface area contributed by atoms with E-state index >= 15 is 0 Å². The third kappa shape index (κ3) is 2.60. The Morgan fingerprint density at radius 3 is 2.53 bits per heavy atom. The molecule has 0 heterocycles. The maximum atomic E-state index is 10.7. The van der Waals surface area contributed by atoms with Crippen LogP contribution in [0.1, 0.15) is 23.1 Å². The summed E-state index contributed by atoms with van der Waals surface area (Å²) in [5, 5.41) is 12.2. The molecular weight excluding hydrogens is 214 g/mol. The molecule has 0 spiro atoms. The Kier molecular flexibility index (Phi) is 3.09. The average Bonchev–Trinajstić information content (AvgIpc) is 3.01. The molecule has 92 valence electrons. The first kappa shape index (κ1) is 12.0. The number of rotatable bonds is 4. The third-order valence-electron chi connectivity index (χ3n) is 3.64. The zero-order valence-corrected chi connectivity index (χ0v) is 10.6. The van der Waals surface area contributed by atoms with Gasteiger partial charge in [0.15, 0.2) is 0 Å². The first-order chi connectivity index (χ1) is 7.99. The Labute approximate surface area is 102 Å². The quantitative estimate of drug-likeness (QED) is 0.840. The molecule has 0 saturated heterocycles. The van der Waals surface area contributed by atoms with Gasteiger partial charge in [-0.15, -0.1) is 0 Å². The molecule has 2 atom stereocenters. The van der Waals surface area contributed by atoms with E-state index in [-0.39, 0.29) is 5.92 Å². The highest BCUT2D eigenvalue weighted by molar-refractivity contribution is 5.73. The van der Waals surface area contributed by atoms with E-state index in [1.807, 2.05) is 0 Å². The minimum atomic E-state index is -0.659. The molecule has 3 heteroatoms. The van der Waals surface area contributed by atoms with Gasteiger partial charge in [0, 0.05) is 12.2 Å². The zero-order valence-electron chi connectivity index (χ0n) is 10.6. The molecule has 2 N–H and O–H groups in total. The van der Waals surface area contributed by atoms with Gasteiger partial charge in [0.2, 0.25) is 0 Å². The summed E-state index contributed by atoms with van der Waals surface area (Å²) in [6.45, 7) is 7.04. The number of hydrogen-bond acceptors (Lipinski definition) is 2. The predicted molar refractivity (Wildman–Crippen MR) is 68.4 cm³/mol. The molecule has 1 aromatic rings. The normalized spacial score (nSPS) is 22.3. The lowest BCUT2D eigenvalue weighted by Crippen LogP contribution is -2.09. The molecule has 1 aromatic carbocycles. The number of hydrogen-bond donors (Lipinski definition) is 2. The van der Waals surface area contributed by atoms with E-state index in [0.717, 1.165) is 18.7 Å². The summed E-state index contributed by atoms with van der Waals surface area (Å²) in [4.78, 5) is 10.7. The molecule has 1 fully saturated rings. The Morgan fingerprint density at radius 2 is 1.94 bits per heavy atom. The Bertz CT molecular complexity index is 454. The van der Waals surface area contributed by atoms with Crippen LogP contribution < -0.4 is 5.32 Å². The van der Waals surface area contributed by atoms with E-state index in [1.54, 1.807) is 0 Å². The molecular formula is C14H19NO2. The van der Waals surface area contributed by atoms with Crippen LogP contribution in [0.4, 0.5) is 5.69 Å². The van der Waals surface area contributed by atoms with Crippen LogP contribution in [0.5, 0.6) is 0 Å². The minimum Gasteiger partial charge on any atom is -0.481 e. The van der Waals surface area contributed by atoms with Gasteiger partial charge in [0.25, 0.3) is 0 Å². The largest absolute Gasteiger partial charge is 0.481 e. The van der Waals surface area contributed by atoms with Crippen molar-refractivity contribution < 1.29 is 9.90 Å². The summed E-state index contributed by atoms with van der Waals surface area (Å²) in [6, 6.07) is 4.31. The van der Waals surface area contributed by atoms with Crippen molar-refractivity contribution in [3.05, 3.63) is 28.8 Å². The van der Waals surface area contributed by atoms with E-state index in [0.29, 0.717) is 5.92 Å². The number of carboxylic acid groups (broad SMARTS) is 1. The van der Waals surface area contributed by atoms with Crippen molar-refractivity contribution in [1.29, 1.82) is 0 Å². The van der Waals surface area contributed by atoms with Crippen molar-refractivity contribution in [2.24, 2.45) is 11.8 Å². The molecule has 2 rings (SSSR count). The standard InChI is InChI=1S/C14H19NO2/c1-8-4-10(3)13(5-9(8)2)15-7-11-6-12(11)14(16)17/h4-5,11-12,15H,6-7H2,1-3H3,(H,16,17). The van der Waals surface area contributed by atoms with Crippen molar-refractivity contribution in [2.75, 3.05) is 11.9 Å². The fourth-order valence-corrected chi connectivity index (χ4v) is 2.17. The van der Waals surface area contributed by atoms with Crippen LogP contribution in [-0.4, -0.2) is 17.6 Å². The highest BCUT2D eigenvalue weighted by atomic mass is 16.4. The monoisotopic (exact) mass is 233 g/mol. The third-order valence-corrected chi connectivity index (χ3v) is 3.64. The topological polar surface area (TPSA) is 49.3 Å². The van der Waals surface area contributed by atoms with Gasteiger partial charge in [-0.25, -0.2) is 0 Å². The van der Waals surface area contributed by atoms with E-state index in [1.165, 1.54) is 16.7 Å². The van der Waals surface area contributed by atoms with Crippen molar-refractivity contribution in [2.45, 2.75) is 27.2 Å².